The second-order valence-corrected chi connectivity index (χ2v) is 9.11. The summed E-state index contributed by atoms with van der Waals surface area (Å²) in [4.78, 5) is 27.2. The van der Waals surface area contributed by atoms with Crippen LogP contribution in [0.15, 0.2) is 30.3 Å². The minimum atomic E-state index is 0.660. The van der Waals surface area contributed by atoms with Crippen LogP contribution in [0.1, 0.15) is 11.3 Å². The third-order valence-electron chi connectivity index (χ3n) is 6.79. The van der Waals surface area contributed by atoms with E-state index in [-0.39, 0.29) is 0 Å². The van der Waals surface area contributed by atoms with Crippen molar-refractivity contribution in [2.45, 2.75) is 6.42 Å². The van der Waals surface area contributed by atoms with E-state index in [9.17, 15) is 0 Å². The Morgan fingerprint density at radius 1 is 0.686 bits per heavy atom. The van der Waals surface area contributed by atoms with Crippen LogP contribution in [0.25, 0.3) is 11.2 Å². The molecular weight excluding hydrogens is 444 g/mol. The van der Waals surface area contributed by atoms with Crippen LogP contribution in [0.5, 0.6) is 0 Å². The van der Waals surface area contributed by atoms with Gasteiger partial charge in [0.2, 0.25) is 5.95 Å². The molecule has 0 aliphatic carbocycles. The molecule has 0 amide bonds. The Balaban J connectivity index is 1.49. The van der Waals surface area contributed by atoms with Gasteiger partial charge in [0.15, 0.2) is 22.8 Å². The zero-order chi connectivity index (χ0) is 23.5. The number of anilines is 3. The highest BCUT2D eigenvalue weighted by Crippen LogP contribution is 2.30. The van der Waals surface area contributed by atoms with Crippen molar-refractivity contribution in [3.63, 3.8) is 0 Å². The first kappa shape index (κ1) is 22.4. The van der Waals surface area contributed by atoms with E-state index in [0.29, 0.717) is 38.5 Å². The number of nitrogens with zero attached hydrogens (tertiary/aromatic N) is 7. The lowest BCUT2D eigenvalue weighted by Crippen LogP contribution is -2.44. The molecule has 0 spiro atoms. The summed E-state index contributed by atoms with van der Waals surface area (Å²) in [7, 11) is 0. The highest BCUT2D eigenvalue weighted by Gasteiger charge is 2.25. The number of rotatable bonds is 5. The maximum Gasteiger partial charge on any atom is 0.229 e. The molecule has 5 heterocycles. The molecule has 3 aliphatic rings. The lowest BCUT2D eigenvalue weighted by atomic mass is 10.1. The molecule has 3 saturated heterocycles. The molecular formula is C25H32N8O2. The number of benzene rings is 1. The summed E-state index contributed by atoms with van der Waals surface area (Å²) in [6, 6.07) is 10.5. The van der Waals surface area contributed by atoms with Gasteiger partial charge in [-0.3, -0.25) is 0 Å². The third kappa shape index (κ3) is 4.86. The van der Waals surface area contributed by atoms with E-state index in [4.69, 9.17) is 29.4 Å². The van der Waals surface area contributed by atoms with Crippen molar-refractivity contribution in [3.8, 4) is 0 Å². The summed E-state index contributed by atoms with van der Waals surface area (Å²) < 4.78 is 11.2. The highest BCUT2D eigenvalue weighted by molar-refractivity contribution is 5.86. The average molecular weight is 477 g/mol. The predicted molar refractivity (Wildman–Crippen MR) is 136 cm³/mol. The van der Waals surface area contributed by atoms with E-state index in [0.717, 1.165) is 81.2 Å². The minimum Gasteiger partial charge on any atom is -0.378 e. The van der Waals surface area contributed by atoms with Gasteiger partial charge in [-0.15, -0.1) is 0 Å². The van der Waals surface area contributed by atoms with Crippen molar-refractivity contribution in [1.29, 1.82) is 0 Å². The van der Waals surface area contributed by atoms with E-state index < -0.39 is 0 Å². The molecule has 3 fully saturated rings. The Labute approximate surface area is 205 Å². The van der Waals surface area contributed by atoms with E-state index in [1.165, 1.54) is 5.56 Å². The zero-order valence-corrected chi connectivity index (χ0v) is 20.0. The largest absolute Gasteiger partial charge is 0.378 e. The summed E-state index contributed by atoms with van der Waals surface area (Å²) in [6.45, 7) is 9.54. The van der Waals surface area contributed by atoms with Crippen molar-refractivity contribution in [3.05, 3.63) is 41.6 Å². The first-order chi connectivity index (χ1) is 17.3. The number of morpholine rings is 2. The van der Waals surface area contributed by atoms with Crippen molar-refractivity contribution in [2.75, 3.05) is 93.5 Å². The van der Waals surface area contributed by atoms with Crippen LogP contribution in [-0.4, -0.2) is 98.7 Å². The fourth-order valence-electron chi connectivity index (χ4n) is 4.89. The van der Waals surface area contributed by atoms with Gasteiger partial charge in [-0.05, 0) is 5.56 Å². The summed E-state index contributed by atoms with van der Waals surface area (Å²) in [5, 5.41) is 3.41. The zero-order valence-electron chi connectivity index (χ0n) is 20.0. The van der Waals surface area contributed by atoms with Gasteiger partial charge in [-0.1, -0.05) is 30.3 Å². The van der Waals surface area contributed by atoms with Crippen LogP contribution < -0.4 is 20.0 Å². The number of aromatic nitrogens is 4. The molecule has 35 heavy (non-hydrogen) atoms. The third-order valence-corrected chi connectivity index (χ3v) is 6.79. The second kappa shape index (κ2) is 10.3. The summed E-state index contributed by atoms with van der Waals surface area (Å²) in [5.74, 6) is 2.50. The normalized spacial score (nSPS) is 19.4. The molecule has 184 valence electrons. The maximum atomic E-state index is 5.62. The van der Waals surface area contributed by atoms with Crippen LogP contribution in [0, 0.1) is 0 Å². The summed E-state index contributed by atoms with van der Waals surface area (Å²) in [6.07, 6.45) is 0.707. The first-order valence-electron chi connectivity index (χ1n) is 12.6. The number of hydrogen-bond acceptors (Lipinski definition) is 10. The van der Waals surface area contributed by atoms with Gasteiger partial charge < -0.3 is 29.5 Å². The van der Waals surface area contributed by atoms with Crippen LogP contribution in [0.3, 0.4) is 0 Å². The number of piperazine rings is 1. The standard InChI is InChI=1S/C25H32N8O2/c1-2-4-19(5-3-1)18-20-23(31-10-14-34-15-11-31)28-22-21(27-20)24(32-12-16-35-17-13-32)30-25(29-22)33-8-6-26-7-9-33/h1-5,26H,6-18H2. The van der Waals surface area contributed by atoms with Crippen LogP contribution >= 0.6 is 0 Å². The summed E-state index contributed by atoms with van der Waals surface area (Å²) >= 11 is 0. The molecule has 0 saturated carbocycles. The first-order valence-corrected chi connectivity index (χ1v) is 12.6. The monoisotopic (exact) mass is 476 g/mol. The second-order valence-electron chi connectivity index (χ2n) is 9.11. The van der Waals surface area contributed by atoms with E-state index in [1.54, 1.807) is 0 Å². The Bertz CT molecular complexity index is 1140. The van der Waals surface area contributed by atoms with Gasteiger partial charge in [0.1, 0.15) is 0 Å². The van der Waals surface area contributed by atoms with E-state index in [1.807, 2.05) is 6.07 Å². The summed E-state index contributed by atoms with van der Waals surface area (Å²) in [5.41, 5.74) is 3.60. The van der Waals surface area contributed by atoms with Gasteiger partial charge >= 0.3 is 0 Å². The van der Waals surface area contributed by atoms with Crippen molar-refractivity contribution in [1.82, 2.24) is 25.3 Å². The lowest BCUT2D eigenvalue weighted by molar-refractivity contribution is 0.122. The topological polar surface area (TPSA) is 91.8 Å². The molecule has 0 bridgehead atoms. The quantitative estimate of drug-likeness (QED) is 0.577. The van der Waals surface area contributed by atoms with Gasteiger partial charge in [0.05, 0.1) is 32.1 Å². The molecule has 0 radical (unpaired) electrons. The molecule has 10 nitrogen and oxygen atoms in total. The van der Waals surface area contributed by atoms with E-state index >= 15 is 0 Å². The number of hydrogen-bond donors (Lipinski definition) is 1. The fourth-order valence-corrected chi connectivity index (χ4v) is 4.89. The number of ether oxygens (including phenoxy) is 2. The van der Waals surface area contributed by atoms with Crippen LogP contribution in [0.2, 0.25) is 0 Å². The molecule has 2 aromatic heterocycles. The Hall–Kier alpha value is -3.08. The Morgan fingerprint density at radius 2 is 1.34 bits per heavy atom. The highest BCUT2D eigenvalue weighted by atomic mass is 16.5. The molecule has 0 atom stereocenters. The smallest absolute Gasteiger partial charge is 0.229 e. The average Bonchev–Trinajstić information content (AvgIpc) is 2.94. The molecule has 6 rings (SSSR count). The molecule has 3 aliphatic heterocycles. The lowest BCUT2D eigenvalue weighted by Gasteiger charge is -2.32. The minimum absolute atomic E-state index is 0.660. The number of nitrogens with one attached hydrogen (secondary N) is 1. The van der Waals surface area contributed by atoms with Crippen molar-refractivity contribution >= 4 is 28.7 Å². The van der Waals surface area contributed by atoms with Gasteiger partial charge in [-0.25, -0.2) is 9.97 Å². The van der Waals surface area contributed by atoms with Crippen LogP contribution in [-0.2, 0) is 15.9 Å². The molecule has 1 N–H and O–H groups in total. The van der Waals surface area contributed by atoms with Gasteiger partial charge in [0.25, 0.3) is 0 Å². The SMILES string of the molecule is c1ccc(Cc2nc3c(N4CCOCC4)nc(N4CCNCC4)nc3nc2N2CCOCC2)cc1. The molecule has 0 unspecified atom stereocenters. The molecule has 3 aromatic rings. The fraction of sp³-hybridized carbons (Fsp3) is 0.520. The molecule has 10 heteroatoms. The van der Waals surface area contributed by atoms with E-state index in [2.05, 4.69) is 44.3 Å². The molecule has 1 aromatic carbocycles. The van der Waals surface area contributed by atoms with Gasteiger partial charge in [0, 0.05) is 58.8 Å². The van der Waals surface area contributed by atoms with Gasteiger partial charge in [-0.2, -0.15) is 9.97 Å². The van der Waals surface area contributed by atoms with Crippen LogP contribution in [0.4, 0.5) is 17.6 Å². The van der Waals surface area contributed by atoms with Crippen molar-refractivity contribution < 1.29 is 9.47 Å². The Morgan fingerprint density at radius 3 is 2.03 bits per heavy atom. The maximum absolute atomic E-state index is 5.62. The van der Waals surface area contributed by atoms with Crippen molar-refractivity contribution in [2.24, 2.45) is 0 Å². The Kier molecular flexibility index (Phi) is 6.57. The number of fused-ring (bicyclic) bond motifs is 1. The predicted octanol–water partition coefficient (Wildman–Crippen LogP) is 1.09.